The highest BCUT2D eigenvalue weighted by molar-refractivity contribution is 5.92. The zero-order valence-corrected chi connectivity index (χ0v) is 26.5. The van der Waals surface area contributed by atoms with Gasteiger partial charge in [-0.15, -0.1) is 0 Å². The maximum atomic E-state index is 14.6. The van der Waals surface area contributed by atoms with Gasteiger partial charge in [0, 0.05) is 19.0 Å². The molecular formula is C35H51N3O4. The number of nitrogens with zero attached hydrogens (tertiary/aromatic N) is 1. The van der Waals surface area contributed by atoms with Gasteiger partial charge in [0.05, 0.1) is 0 Å². The van der Waals surface area contributed by atoms with Crippen molar-refractivity contribution in [2.24, 2.45) is 0 Å². The van der Waals surface area contributed by atoms with Gasteiger partial charge >= 0.3 is 6.09 Å². The molecule has 2 aromatic rings. The maximum Gasteiger partial charge on any atom is 0.408 e. The average molecular weight is 578 g/mol. The summed E-state index contributed by atoms with van der Waals surface area (Å²) in [6.45, 7) is 11.9. The third-order valence-corrected chi connectivity index (χ3v) is 7.79. The van der Waals surface area contributed by atoms with E-state index < -0.39 is 23.8 Å². The fourth-order valence-electron chi connectivity index (χ4n) is 5.71. The molecule has 42 heavy (non-hydrogen) atoms. The van der Waals surface area contributed by atoms with E-state index in [1.807, 2.05) is 56.3 Å². The fraction of sp³-hybridized carbons (Fsp3) is 0.571. The van der Waals surface area contributed by atoms with Crippen molar-refractivity contribution in [3.8, 4) is 0 Å². The van der Waals surface area contributed by atoms with Crippen LogP contribution in [0, 0.1) is 13.8 Å². The van der Waals surface area contributed by atoms with E-state index in [1.54, 1.807) is 25.7 Å². The minimum absolute atomic E-state index is 0.104. The molecule has 2 atom stereocenters. The smallest absolute Gasteiger partial charge is 0.408 e. The summed E-state index contributed by atoms with van der Waals surface area (Å²) in [5.41, 5.74) is 3.07. The molecular weight excluding hydrogens is 526 g/mol. The molecule has 0 radical (unpaired) electrons. The Morgan fingerprint density at radius 2 is 1.67 bits per heavy atom. The lowest BCUT2D eigenvalue weighted by atomic mass is 9.93. The summed E-state index contributed by atoms with van der Waals surface area (Å²) in [6, 6.07) is 14.1. The third kappa shape index (κ3) is 10.2. The molecule has 0 aliphatic heterocycles. The van der Waals surface area contributed by atoms with Crippen LogP contribution < -0.4 is 10.6 Å². The molecule has 0 bridgehead atoms. The van der Waals surface area contributed by atoms with E-state index in [0.29, 0.717) is 6.54 Å². The summed E-state index contributed by atoms with van der Waals surface area (Å²) in [6.07, 6.45) is 7.57. The van der Waals surface area contributed by atoms with Crippen LogP contribution in [0.5, 0.6) is 0 Å². The summed E-state index contributed by atoms with van der Waals surface area (Å²) in [5.74, 6) is -0.445. The monoisotopic (exact) mass is 577 g/mol. The van der Waals surface area contributed by atoms with E-state index in [2.05, 4.69) is 23.6 Å². The van der Waals surface area contributed by atoms with Crippen molar-refractivity contribution in [3.63, 3.8) is 0 Å². The fourth-order valence-corrected chi connectivity index (χ4v) is 5.71. The zero-order valence-electron chi connectivity index (χ0n) is 26.5. The van der Waals surface area contributed by atoms with E-state index in [-0.39, 0.29) is 24.3 Å². The number of hydrogen-bond donors (Lipinski definition) is 2. The topological polar surface area (TPSA) is 87.7 Å². The normalized spacial score (nSPS) is 15.4. The second-order valence-electron chi connectivity index (χ2n) is 12.7. The first-order valence-electron chi connectivity index (χ1n) is 15.7. The van der Waals surface area contributed by atoms with Crippen molar-refractivity contribution >= 4 is 17.9 Å². The Kier molecular flexibility index (Phi) is 12.4. The van der Waals surface area contributed by atoms with Gasteiger partial charge in [0.25, 0.3) is 0 Å². The highest BCUT2D eigenvalue weighted by Gasteiger charge is 2.37. The van der Waals surface area contributed by atoms with Crippen LogP contribution in [-0.2, 0) is 20.7 Å². The number of benzene rings is 2. The largest absolute Gasteiger partial charge is 0.444 e. The lowest BCUT2D eigenvalue weighted by molar-refractivity contribution is -0.143. The SMILES string of the molecule is CCCCCN(C(=O)C(Cc1ccccc1)NC(=O)OC(C)(C)C)C(C(=O)NC1CCCCC1)c1ccc(C)cc1C. The number of unbranched alkanes of at least 4 members (excludes halogenated alkanes) is 2. The number of rotatable bonds is 12. The first-order chi connectivity index (χ1) is 20.0. The van der Waals surface area contributed by atoms with Gasteiger partial charge in [-0.3, -0.25) is 9.59 Å². The Bertz CT molecular complexity index is 1170. The number of amides is 3. The van der Waals surface area contributed by atoms with Crippen LogP contribution in [0.2, 0.25) is 0 Å². The van der Waals surface area contributed by atoms with Crippen molar-refractivity contribution in [1.82, 2.24) is 15.5 Å². The number of aryl methyl sites for hydroxylation is 2. The zero-order chi connectivity index (χ0) is 30.7. The second kappa shape index (κ2) is 15.8. The van der Waals surface area contributed by atoms with E-state index in [4.69, 9.17) is 4.74 Å². The molecule has 2 N–H and O–H groups in total. The highest BCUT2D eigenvalue weighted by atomic mass is 16.6. The second-order valence-corrected chi connectivity index (χ2v) is 12.7. The molecule has 7 nitrogen and oxygen atoms in total. The van der Waals surface area contributed by atoms with Gasteiger partial charge in [0.1, 0.15) is 17.7 Å². The molecule has 3 rings (SSSR count). The molecule has 1 aliphatic rings. The molecule has 230 valence electrons. The molecule has 0 heterocycles. The number of carbonyl (C=O) groups is 3. The third-order valence-electron chi connectivity index (χ3n) is 7.79. The van der Waals surface area contributed by atoms with Crippen molar-refractivity contribution < 1.29 is 19.1 Å². The molecule has 1 fully saturated rings. The number of carbonyl (C=O) groups excluding carboxylic acids is 3. The van der Waals surface area contributed by atoms with Gasteiger partial charge in [0.2, 0.25) is 11.8 Å². The lowest BCUT2D eigenvalue weighted by Gasteiger charge is -2.36. The average Bonchev–Trinajstić information content (AvgIpc) is 2.93. The minimum Gasteiger partial charge on any atom is -0.444 e. The molecule has 0 spiro atoms. The van der Waals surface area contributed by atoms with Crippen LogP contribution in [-0.4, -0.2) is 47.0 Å². The molecule has 1 saturated carbocycles. The number of nitrogens with one attached hydrogen (secondary N) is 2. The lowest BCUT2D eigenvalue weighted by Crippen LogP contribution is -2.54. The quantitative estimate of drug-likeness (QED) is 0.267. The highest BCUT2D eigenvalue weighted by Crippen LogP contribution is 2.29. The van der Waals surface area contributed by atoms with Crippen LogP contribution in [0.15, 0.2) is 48.5 Å². The molecule has 2 aromatic carbocycles. The number of alkyl carbamates (subject to hydrolysis) is 1. The molecule has 3 amide bonds. The van der Waals surface area contributed by atoms with Gasteiger partial charge in [0.15, 0.2) is 0 Å². The molecule has 1 aliphatic carbocycles. The number of hydrogen-bond acceptors (Lipinski definition) is 4. The van der Waals surface area contributed by atoms with Crippen LogP contribution >= 0.6 is 0 Å². The van der Waals surface area contributed by atoms with Gasteiger partial charge < -0.3 is 20.3 Å². The molecule has 2 unspecified atom stereocenters. The van der Waals surface area contributed by atoms with E-state index in [0.717, 1.165) is 67.2 Å². The summed E-state index contributed by atoms with van der Waals surface area (Å²) in [5, 5.41) is 6.16. The molecule has 0 aromatic heterocycles. The number of ether oxygens (including phenoxy) is 1. The minimum atomic E-state index is -0.903. The van der Waals surface area contributed by atoms with Gasteiger partial charge in [-0.05, 0) is 70.6 Å². The van der Waals surface area contributed by atoms with Crippen LogP contribution in [0.4, 0.5) is 4.79 Å². The maximum absolute atomic E-state index is 14.6. The summed E-state index contributed by atoms with van der Waals surface area (Å²) < 4.78 is 5.56. The Hall–Kier alpha value is -3.35. The van der Waals surface area contributed by atoms with Crippen molar-refractivity contribution in [2.75, 3.05) is 6.54 Å². The van der Waals surface area contributed by atoms with E-state index >= 15 is 0 Å². The summed E-state index contributed by atoms with van der Waals surface area (Å²) in [4.78, 5) is 43.5. The Labute approximate surface area is 252 Å². The Morgan fingerprint density at radius 3 is 2.29 bits per heavy atom. The first kappa shape index (κ1) is 33.2. The van der Waals surface area contributed by atoms with Gasteiger partial charge in [-0.2, -0.15) is 0 Å². The van der Waals surface area contributed by atoms with Crippen LogP contribution in [0.1, 0.15) is 107 Å². The van der Waals surface area contributed by atoms with Crippen LogP contribution in [0.3, 0.4) is 0 Å². The van der Waals surface area contributed by atoms with Crippen molar-refractivity contribution in [2.45, 2.75) is 123 Å². The van der Waals surface area contributed by atoms with Crippen LogP contribution in [0.25, 0.3) is 0 Å². The first-order valence-corrected chi connectivity index (χ1v) is 15.7. The molecule has 7 heteroatoms. The van der Waals surface area contributed by atoms with Gasteiger partial charge in [-0.25, -0.2) is 4.79 Å². The predicted molar refractivity (Wildman–Crippen MR) is 168 cm³/mol. The summed E-state index contributed by atoms with van der Waals surface area (Å²) >= 11 is 0. The Morgan fingerprint density at radius 1 is 0.976 bits per heavy atom. The summed E-state index contributed by atoms with van der Waals surface area (Å²) in [7, 11) is 0. The molecule has 0 saturated heterocycles. The van der Waals surface area contributed by atoms with Gasteiger partial charge in [-0.1, -0.05) is 93.1 Å². The predicted octanol–water partition coefficient (Wildman–Crippen LogP) is 6.95. The van der Waals surface area contributed by atoms with Crippen molar-refractivity contribution in [1.29, 1.82) is 0 Å². The Balaban J connectivity index is 2.04. The van der Waals surface area contributed by atoms with Crippen molar-refractivity contribution in [3.05, 3.63) is 70.8 Å². The van der Waals surface area contributed by atoms with E-state index in [1.165, 1.54) is 6.42 Å². The standard InChI is InChI=1S/C35H51N3O4/c1-7-8-15-22-38(33(40)30(24-27-16-11-9-12-17-27)37-34(41)42-35(4,5)6)31(29-21-20-25(2)23-26(29)3)32(39)36-28-18-13-10-14-19-28/h9,11-12,16-17,20-21,23,28,30-31H,7-8,10,13-15,18-19,22,24H2,1-6H3,(H,36,39)(H,37,41). The van der Waals surface area contributed by atoms with E-state index in [9.17, 15) is 14.4 Å².